The van der Waals surface area contributed by atoms with E-state index in [-0.39, 0.29) is 0 Å². The minimum atomic E-state index is -0.503. The molecule has 1 heterocycles. The van der Waals surface area contributed by atoms with Crippen molar-refractivity contribution in [2.75, 3.05) is 11.9 Å². The molecule has 0 radical (unpaired) electrons. The van der Waals surface area contributed by atoms with Gasteiger partial charge in [0.2, 0.25) is 5.78 Å². The average Bonchev–Trinajstić information content (AvgIpc) is 2.57. The van der Waals surface area contributed by atoms with Gasteiger partial charge in [0, 0.05) is 18.0 Å². The fourth-order valence-electron chi connectivity index (χ4n) is 1.40. The molecule has 1 aliphatic heterocycles. The maximum atomic E-state index is 11.0. The maximum Gasteiger partial charge on any atom is 0.220 e. The molecular formula is C11H9NO2S. The van der Waals surface area contributed by atoms with Crippen LogP contribution >= 0.6 is 11.8 Å². The first kappa shape index (κ1) is 9.98. The van der Waals surface area contributed by atoms with Crippen LogP contribution in [-0.4, -0.2) is 19.1 Å². The molecule has 2 rings (SSSR count). The molecule has 0 atom stereocenters. The second kappa shape index (κ2) is 3.90. The number of para-hydroxylation sites is 1. The number of aldehydes is 1. The standard InChI is InChI=1S/C11H9NO2S/c1-12-9-4-2-3-5-10(9)15-11(12)6-8(14)7-13/h2-7H,1H3/b11-6+. The number of hydrogen-bond acceptors (Lipinski definition) is 4. The van der Waals surface area contributed by atoms with Crippen molar-refractivity contribution in [1.82, 2.24) is 0 Å². The Morgan fingerprint density at radius 2 is 2.13 bits per heavy atom. The van der Waals surface area contributed by atoms with E-state index in [9.17, 15) is 9.59 Å². The SMILES string of the molecule is CN1/C(=C\C(=O)C=O)Sc2ccccc21. The zero-order chi connectivity index (χ0) is 10.8. The highest BCUT2D eigenvalue weighted by atomic mass is 32.2. The van der Waals surface area contributed by atoms with Crippen LogP contribution in [0.15, 0.2) is 40.3 Å². The van der Waals surface area contributed by atoms with Crippen LogP contribution in [0.1, 0.15) is 0 Å². The predicted molar refractivity (Wildman–Crippen MR) is 59.9 cm³/mol. The number of carbonyl (C=O) groups is 2. The predicted octanol–water partition coefficient (Wildman–Crippen LogP) is 1.84. The zero-order valence-corrected chi connectivity index (χ0v) is 8.95. The van der Waals surface area contributed by atoms with Gasteiger partial charge in [-0.05, 0) is 12.1 Å². The number of carbonyl (C=O) groups excluding carboxylic acids is 2. The molecular weight excluding hydrogens is 210 g/mol. The molecule has 4 heteroatoms. The molecule has 0 unspecified atom stereocenters. The van der Waals surface area contributed by atoms with E-state index < -0.39 is 5.78 Å². The summed E-state index contributed by atoms with van der Waals surface area (Å²) in [5, 5.41) is 0.785. The Morgan fingerprint density at radius 3 is 2.80 bits per heavy atom. The quantitative estimate of drug-likeness (QED) is 0.432. The molecule has 0 spiro atoms. The summed E-state index contributed by atoms with van der Waals surface area (Å²) in [5.74, 6) is -0.503. The van der Waals surface area contributed by atoms with Crippen LogP contribution in [0.25, 0.3) is 0 Å². The van der Waals surface area contributed by atoms with E-state index in [0.717, 1.165) is 15.6 Å². The van der Waals surface area contributed by atoms with Crippen LogP contribution in [-0.2, 0) is 9.59 Å². The number of nitrogens with zero attached hydrogens (tertiary/aromatic N) is 1. The third kappa shape index (κ3) is 1.80. The Morgan fingerprint density at radius 1 is 1.40 bits per heavy atom. The lowest BCUT2D eigenvalue weighted by atomic mass is 10.3. The van der Waals surface area contributed by atoms with Crippen molar-refractivity contribution < 1.29 is 9.59 Å². The third-order valence-corrected chi connectivity index (χ3v) is 3.32. The van der Waals surface area contributed by atoms with Crippen LogP contribution in [0.2, 0.25) is 0 Å². The molecule has 1 aliphatic rings. The second-order valence-electron chi connectivity index (χ2n) is 3.13. The number of anilines is 1. The molecule has 3 nitrogen and oxygen atoms in total. The Hall–Kier alpha value is -1.55. The molecule has 0 saturated heterocycles. The lowest BCUT2D eigenvalue weighted by molar-refractivity contribution is -0.126. The highest BCUT2D eigenvalue weighted by molar-refractivity contribution is 8.03. The van der Waals surface area contributed by atoms with Crippen molar-refractivity contribution >= 4 is 29.5 Å². The van der Waals surface area contributed by atoms with Gasteiger partial charge in [-0.2, -0.15) is 0 Å². The van der Waals surface area contributed by atoms with Crippen LogP contribution in [0.4, 0.5) is 5.69 Å². The first-order chi connectivity index (χ1) is 7.22. The van der Waals surface area contributed by atoms with E-state index in [0.29, 0.717) is 6.29 Å². The lowest BCUT2D eigenvalue weighted by Gasteiger charge is -2.12. The zero-order valence-electron chi connectivity index (χ0n) is 8.14. The van der Waals surface area contributed by atoms with Gasteiger partial charge in [0.15, 0.2) is 6.29 Å². The third-order valence-electron chi connectivity index (χ3n) is 2.15. The van der Waals surface area contributed by atoms with E-state index in [1.54, 1.807) is 0 Å². The molecule has 1 aromatic rings. The van der Waals surface area contributed by atoms with Crippen molar-refractivity contribution in [3.63, 3.8) is 0 Å². The molecule has 0 N–H and O–H groups in total. The van der Waals surface area contributed by atoms with Gasteiger partial charge in [-0.1, -0.05) is 23.9 Å². The Bertz CT molecular complexity index is 454. The Kier molecular flexibility index (Phi) is 2.60. The van der Waals surface area contributed by atoms with E-state index in [1.165, 1.54) is 17.8 Å². The Balaban J connectivity index is 2.35. The summed E-state index contributed by atoms with van der Waals surface area (Å²) in [4.78, 5) is 24.2. The number of benzene rings is 1. The van der Waals surface area contributed by atoms with Gasteiger partial charge >= 0.3 is 0 Å². The number of thioether (sulfide) groups is 1. The molecule has 0 saturated carbocycles. The minimum absolute atomic E-state index is 0.324. The van der Waals surface area contributed by atoms with Crippen LogP contribution in [0, 0.1) is 0 Å². The van der Waals surface area contributed by atoms with Crippen molar-refractivity contribution in [3.8, 4) is 0 Å². The molecule has 76 valence electrons. The fraction of sp³-hybridized carbons (Fsp3) is 0.0909. The maximum absolute atomic E-state index is 11.0. The number of fused-ring (bicyclic) bond motifs is 1. The molecule has 0 amide bonds. The lowest BCUT2D eigenvalue weighted by Crippen LogP contribution is -2.11. The summed E-state index contributed by atoms with van der Waals surface area (Å²) in [6.45, 7) is 0. The summed E-state index contributed by atoms with van der Waals surface area (Å²) in [6, 6.07) is 7.86. The first-order valence-corrected chi connectivity index (χ1v) is 5.25. The molecule has 1 aromatic carbocycles. The summed E-state index contributed by atoms with van der Waals surface area (Å²) in [6.07, 6.45) is 1.68. The molecule has 0 aromatic heterocycles. The van der Waals surface area contributed by atoms with Crippen molar-refractivity contribution in [3.05, 3.63) is 35.4 Å². The van der Waals surface area contributed by atoms with E-state index in [4.69, 9.17) is 0 Å². The van der Waals surface area contributed by atoms with E-state index >= 15 is 0 Å². The molecule has 15 heavy (non-hydrogen) atoms. The first-order valence-electron chi connectivity index (χ1n) is 4.44. The smallest absolute Gasteiger partial charge is 0.220 e. The second-order valence-corrected chi connectivity index (χ2v) is 4.19. The summed E-state index contributed by atoms with van der Waals surface area (Å²) in [5.41, 5.74) is 1.06. The Labute approximate surface area is 91.8 Å². The highest BCUT2D eigenvalue weighted by Gasteiger charge is 2.21. The van der Waals surface area contributed by atoms with Gasteiger partial charge in [0.1, 0.15) is 0 Å². The van der Waals surface area contributed by atoms with Crippen molar-refractivity contribution in [2.24, 2.45) is 0 Å². The minimum Gasteiger partial charge on any atom is -0.338 e. The highest BCUT2D eigenvalue weighted by Crippen LogP contribution is 2.44. The van der Waals surface area contributed by atoms with Crippen LogP contribution in [0.5, 0.6) is 0 Å². The number of rotatable bonds is 2. The van der Waals surface area contributed by atoms with Gasteiger partial charge in [0.25, 0.3) is 0 Å². The average molecular weight is 219 g/mol. The monoisotopic (exact) mass is 219 g/mol. The molecule has 0 bridgehead atoms. The van der Waals surface area contributed by atoms with E-state index in [2.05, 4.69) is 0 Å². The fourth-order valence-corrected chi connectivity index (χ4v) is 2.49. The number of ketones is 1. The van der Waals surface area contributed by atoms with Crippen molar-refractivity contribution in [1.29, 1.82) is 0 Å². The number of hydrogen-bond donors (Lipinski definition) is 0. The van der Waals surface area contributed by atoms with E-state index in [1.807, 2.05) is 36.2 Å². The molecule has 0 aliphatic carbocycles. The number of allylic oxidation sites excluding steroid dienone is 1. The summed E-state index contributed by atoms with van der Waals surface area (Å²) in [7, 11) is 1.88. The van der Waals surface area contributed by atoms with Gasteiger partial charge < -0.3 is 4.90 Å². The summed E-state index contributed by atoms with van der Waals surface area (Å²) < 4.78 is 0. The van der Waals surface area contributed by atoms with Gasteiger partial charge in [0.05, 0.1) is 10.7 Å². The summed E-state index contributed by atoms with van der Waals surface area (Å²) >= 11 is 1.50. The largest absolute Gasteiger partial charge is 0.338 e. The van der Waals surface area contributed by atoms with Gasteiger partial charge in [-0.15, -0.1) is 0 Å². The van der Waals surface area contributed by atoms with Crippen molar-refractivity contribution in [2.45, 2.75) is 4.90 Å². The molecule has 0 fully saturated rings. The van der Waals surface area contributed by atoms with Crippen LogP contribution < -0.4 is 4.90 Å². The van der Waals surface area contributed by atoms with Crippen LogP contribution in [0.3, 0.4) is 0 Å². The van der Waals surface area contributed by atoms with Gasteiger partial charge in [-0.3, -0.25) is 9.59 Å². The normalized spacial score (nSPS) is 16.6. The topological polar surface area (TPSA) is 37.4 Å². The van der Waals surface area contributed by atoms with Gasteiger partial charge in [-0.25, -0.2) is 0 Å².